The molecule has 0 bridgehead atoms. The Kier molecular flexibility index (Phi) is 4.40. The number of hydrogen-bond donors (Lipinski definition) is 2. The molecule has 130 valence electrons. The van der Waals surface area contributed by atoms with E-state index >= 15 is 0 Å². The van der Waals surface area contributed by atoms with Crippen LogP contribution in [-0.2, 0) is 11.2 Å². The summed E-state index contributed by atoms with van der Waals surface area (Å²) in [4.78, 5) is 30.2. The smallest absolute Gasteiger partial charge is 0.323 e. The fourth-order valence-electron chi connectivity index (χ4n) is 3.11. The van der Waals surface area contributed by atoms with Crippen molar-refractivity contribution in [2.75, 3.05) is 18.0 Å². The molecule has 0 radical (unpaired) electrons. The van der Waals surface area contributed by atoms with Gasteiger partial charge < -0.3 is 10.6 Å². The number of urea groups is 1. The number of carbonyl (C=O) groups is 2. The van der Waals surface area contributed by atoms with Crippen molar-refractivity contribution in [2.24, 2.45) is 5.92 Å². The van der Waals surface area contributed by atoms with Crippen LogP contribution in [0.1, 0.15) is 30.1 Å². The second-order valence-corrected chi connectivity index (χ2v) is 7.31. The molecule has 0 unspecified atom stereocenters. The van der Waals surface area contributed by atoms with E-state index in [4.69, 9.17) is 0 Å². The number of rotatable bonds is 6. The molecule has 2 N–H and O–H groups in total. The van der Waals surface area contributed by atoms with Crippen molar-refractivity contribution in [3.05, 3.63) is 47.0 Å². The van der Waals surface area contributed by atoms with Gasteiger partial charge in [0.1, 0.15) is 0 Å². The van der Waals surface area contributed by atoms with Gasteiger partial charge in [-0.3, -0.25) is 9.69 Å². The molecule has 25 heavy (non-hydrogen) atoms. The first-order chi connectivity index (χ1) is 12.2. The standard InChI is InChI=1S/C18H20N4O2S/c23-15(21-16(13-6-7-13)12-4-2-1-3-5-12)10-14-11-25-18(20-14)22-9-8-19-17(22)24/h1-5,11,13,16H,6-10H2,(H,19,24)(H,21,23)/t16-/m0/s1. The van der Waals surface area contributed by atoms with E-state index in [2.05, 4.69) is 27.8 Å². The zero-order chi connectivity index (χ0) is 17.2. The minimum Gasteiger partial charge on any atom is -0.349 e. The van der Waals surface area contributed by atoms with Crippen LogP contribution in [0.15, 0.2) is 35.7 Å². The quantitative estimate of drug-likeness (QED) is 0.835. The molecule has 1 aliphatic carbocycles. The van der Waals surface area contributed by atoms with E-state index < -0.39 is 0 Å². The van der Waals surface area contributed by atoms with E-state index in [1.165, 1.54) is 11.3 Å². The topological polar surface area (TPSA) is 74.3 Å². The molecule has 4 rings (SSSR count). The van der Waals surface area contributed by atoms with E-state index in [9.17, 15) is 9.59 Å². The minimum atomic E-state index is -0.122. The highest BCUT2D eigenvalue weighted by Crippen LogP contribution is 2.41. The average molecular weight is 356 g/mol. The fourth-order valence-corrected chi connectivity index (χ4v) is 3.96. The number of hydrogen-bond acceptors (Lipinski definition) is 4. The maximum atomic E-state index is 12.5. The summed E-state index contributed by atoms with van der Waals surface area (Å²) < 4.78 is 0. The summed E-state index contributed by atoms with van der Waals surface area (Å²) in [5.41, 5.74) is 1.87. The van der Waals surface area contributed by atoms with Gasteiger partial charge in [0.25, 0.3) is 0 Å². The molecular formula is C18H20N4O2S. The third-order valence-electron chi connectivity index (χ3n) is 4.54. The number of anilines is 1. The second kappa shape index (κ2) is 6.84. The van der Waals surface area contributed by atoms with Gasteiger partial charge in [-0.15, -0.1) is 11.3 Å². The third kappa shape index (κ3) is 3.66. The fraction of sp³-hybridized carbons (Fsp3) is 0.389. The molecular weight excluding hydrogens is 336 g/mol. The van der Waals surface area contributed by atoms with Crippen molar-refractivity contribution in [2.45, 2.75) is 25.3 Å². The van der Waals surface area contributed by atoms with E-state index in [1.807, 2.05) is 23.6 Å². The van der Waals surface area contributed by atoms with Crippen molar-refractivity contribution in [3.63, 3.8) is 0 Å². The first-order valence-corrected chi connectivity index (χ1v) is 9.43. The lowest BCUT2D eigenvalue weighted by molar-refractivity contribution is -0.121. The first-order valence-electron chi connectivity index (χ1n) is 8.55. The van der Waals surface area contributed by atoms with E-state index in [-0.39, 0.29) is 24.4 Å². The van der Waals surface area contributed by atoms with Crippen molar-refractivity contribution < 1.29 is 9.59 Å². The summed E-state index contributed by atoms with van der Waals surface area (Å²) >= 11 is 1.40. The number of thiazole rings is 1. The lowest BCUT2D eigenvalue weighted by Gasteiger charge is -2.18. The molecule has 3 amide bonds. The van der Waals surface area contributed by atoms with Crippen LogP contribution in [0.3, 0.4) is 0 Å². The predicted octanol–water partition coefficient (Wildman–Crippen LogP) is 2.48. The van der Waals surface area contributed by atoms with Gasteiger partial charge in [0.2, 0.25) is 5.91 Å². The number of nitrogens with one attached hydrogen (secondary N) is 2. The van der Waals surface area contributed by atoms with Gasteiger partial charge in [-0.05, 0) is 24.3 Å². The molecule has 2 fully saturated rings. The maximum absolute atomic E-state index is 12.5. The van der Waals surface area contributed by atoms with Gasteiger partial charge in [-0.2, -0.15) is 0 Å². The van der Waals surface area contributed by atoms with Crippen LogP contribution in [0.4, 0.5) is 9.93 Å². The molecule has 1 atom stereocenters. The molecule has 6 nitrogen and oxygen atoms in total. The summed E-state index contributed by atoms with van der Waals surface area (Å²) in [5.74, 6) is 0.508. The summed E-state index contributed by atoms with van der Waals surface area (Å²) in [7, 11) is 0. The Morgan fingerprint density at radius 3 is 2.84 bits per heavy atom. The van der Waals surface area contributed by atoms with Crippen molar-refractivity contribution in [1.82, 2.24) is 15.6 Å². The normalized spacial score (nSPS) is 18.1. The number of amides is 3. The Morgan fingerprint density at radius 1 is 1.36 bits per heavy atom. The van der Waals surface area contributed by atoms with Crippen LogP contribution in [0.25, 0.3) is 0 Å². The van der Waals surface area contributed by atoms with Crippen LogP contribution in [-0.4, -0.2) is 30.0 Å². The molecule has 7 heteroatoms. The van der Waals surface area contributed by atoms with Crippen LogP contribution in [0.2, 0.25) is 0 Å². The highest BCUT2D eigenvalue weighted by Gasteiger charge is 2.33. The van der Waals surface area contributed by atoms with Crippen LogP contribution in [0.5, 0.6) is 0 Å². The van der Waals surface area contributed by atoms with Gasteiger partial charge in [-0.25, -0.2) is 9.78 Å². The molecule has 2 aliphatic rings. The monoisotopic (exact) mass is 356 g/mol. The minimum absolute atomic E-state index is 0.0246. The van der Waals surface area contributed by atoms with E-state index in [0.717, 1.165) is 18.4 Å². The Bertz CT molecular complexity index is 772. The number of aromatic nitrogens is 1. The summed E-state index contributed by atoms with van der Waals surface area (Å²) in [6.07, 6.45) is 2.55. The van der Waals surface area contributed by atoms with Gasteiger partial charge in [0.05, 0.1) is 18.2 Å². The molecule has 1 aromatic heterocycles. The zero-order valence-electron chi connectivity index (χ0n) is 13.8. The Labute approximate surface area is 150 Å². The molecule has 1 aliphatic heterocycles. The van der Waals surface area contributed by atoms with Crippen LogP contribution < -0.4 is 15.5 Å². The second-order valence-electron chi connectivity index (χ2n) is 6.48. The summed E-state index contributed by atoms with van der Waals surface area (Å²) in [6, 6.07) is 10.1. The van der Waals surface area contributed by atoms with Crippen molar-refractivity contribution in [3.8, 4) is 0 Å². The lowest BCUT2D eigenvalue weighted by Crippen LogP contribution is -2.31. The van der Waals surface area contributed by atoms with Crippen molar-refractivity contribution >= 4 is 28.4 Å². The first kappa shape index (κ1) is 16.1. The van der Waals surface area contributed by atoms with Crippen LogP contribution >= 0.6 is 11.3 Å². The Hall–Kier alpha value is -2.41. The van der Waals surface area contributed by atoms with Crippen LogP contribution in [0, 0.1) is 5.92 Å². The Balaban J connectivity index is 1.40. The number of benzene rings is 1. The van der Waals surface area contributed by atoms with Gasteiger partial charge in [0.15, 0.2) is 5.13 Å². The summed E-state index contributed by atoms with van der Waals surface area (Å²) in [5, 5.41) is 8.43. The lowest BCUT2D eigenvalue weighted by atomic mass is 10.0. The molecule has 1 saturated carbocycles. The number of carbonyl (C=O) groups excluding carboxylic acids is 2. The zero-order valence-corrected chi connectivity index (χ0v) is 14.6. The van der Waals surface area contributed by atoms with E-state index in [1.54, 1.807) is 4.90 Å². The highest BCUT2D eigenvalue weighted by molar-refractivity contribution is 7.14. The highest BCUT2D eigenvalue weighted by atomic mass is 32.1. The average Bonchev–Trinajstić information content (AvgIpc) is 3.21. The summed E-state index contributed by atoms with van der Waals surface area (Å²) in [6.45, 7) is 1.25. The van der Waals surface area contributed by atoms with Gasteiger partial charge in [-0.1, -0.05) is 30.3 Å². The molecule has 1 aromatic carbocycles. The van der Waals surface area contributed by atoms with E-state index in [0.29, 0.717) is 29.8 Å². The maximum Gasteiger partial charge on any atom is 0.323 e. The molecule has 2 aromatic rings. The molecule has 1 saturated heterocycles. The SMILES string of the molecule is O=C(Cc1csc(N2CCNC2=O)n1)N[C@@H](c1ccccc1)C1CC1. The van der Waals surface area contributed by atoms with Gasteiger partial charge in [0, 0.05) is 18.5 Å². The third-order valence-corrected chi connectivity index (χ3v) is 5.45. The largest absolute Gasteiger partial charge is 0.349 e. The Morgan fingerprint density at radius 2 is 2.16 bits per heavy atom. The van der Waals surface area contributed by atoms with Gasteiger partial charge >= 0.3 is 6.03 Å². The molecule has 0 spiro atoms. The van der Waals surface area contributed by atoms with Crippen molar-refractivity contribution in [1.29, 1.82) is 0 Å². The number of nitrogens with zero attached hydrogens (tertiary/aromatic N) is 2. The molecule has 2 heterocycles. The predicted molar refractivity (Wildman–Crippen MR) is 96.6 cm³/mol.